The molecule has 0 spiro atoms. The molecule has 0 radical (unpaired) electrons. The predicted octanol–water partition coefficient (Wildman–Crippen LogP) is 4.93. The number of benzene rings is 2. The van der Waals surface area contributed by atoms with Crippen LogP contribution in [0.3, 0.4) is 0 Å². The van der Waals surface area contributed by atoms with Crippen molar-refractivity contribution in [2.75, 3.05) is 21.9 Å². The summed E-state index contributed by atoms with van der Waals surface area (Å²) in [6.07, 6.45) is 4.50. The number of hydrazine groups is 1. The average Bonchev–Trinajstić information content (AvgIpc) is 2.78. The number of aromatic nitrogens is 2. The quantitative estimate of drug-likeness (QED) is 0.460. The topological polar surface area (TPSA) is 87.4 Å². The molecular formula is C22H24N6O2. The summed E-state index contributed by atoms with van der Waals surface area (Å²) in [5, 5.41) is 13.9. The number of para-hydroxylation sites is 2. The summed E-state index contributed by atoms with van der Waals surface area (Å²) in [5.74, 6) is 0.529. The lowest BCUT2D eigenvalue weighted by Crippen LogP contribution is -2.38. The van der Waals surface area contributed by atoms with Crippen molar-refractivity contribution < 1.29 is 4.92 Å². The Morgan fingerprint density at radius 3 is 2.23 bits per heavy atom. The van der Waals surface area contributed by atoms with Crippen LogP contribution in [0.25, 0.3) is 0 Å². The zero-order chi connectivity index (χ0) is 20.9. The van der Waals surface area contributed by atoms with Crippen LogP contribution in [0.15, 0.2) is 67.0 Å². The SMILES string of the molecule is CC1CCCCN1c1ncnc(NN(c2ccccc2)c2ccccc2)c1[N+](=O)[O-]. The first-order valence-electron chi connectivity index (χ1n) is 10.1. The van der Waals surface area contributed by atoms with Gasteiger partial charge in [0.05, 0.1) is 16.3 Å². The van der Waals surface area contributed by atoms with E-state index in [1.54, 1.807) is 5.01 Å². The molecule has 30 heavy (non-hydrogen) atoms. The molecule has 1 aliphatic heterocycles. The van der Waals surface area contributed by atoms with Gasteiger partial charge in [-0.05, 0) is 50.5 Å². The molecule has 2 heterocycles. The number of piperidine rings is 1. The smallest absolute Gasteiger partial charge is 0.348 e. The Kier molecular flexibility index (Phi) is 5.74. The van der Waals surface area contributed by atoms with Gasteiger partial charge in [0.25, 0.3) is 0 Å². The molecule has 1 saturated heterocycles. The van der Waals surface area contributed by atoms with Crippen molar-refractivity contribution in [3.63, 3.8) is 0 Å². The maximum Gasteiger partial charge on any atom is 0.355 e. The van der Waals surface area contributed by atoms with Gasteiger partial charge in [-0.2, -0.15) is 0 Å². The minimum Gasteiger partial charge on any atom is -0.348 e. The molecule has 2 aromatic carbocycles. The van der Waals surface area contributed by atoms with E-state index in [1.807, 2.05) is 65.6 Å². The monoisotopic (exact) mass is 404 g/mol. The van der Waals surface area contributed by atoms with Crippen LogP contribution in [0.2, 0.25) is 0 Å². The summed E-state index contributed by atoms with van der Waals surface area (Å²) in [5.41, 5.74) is 4.74. The molecule has 1 atom stereocenters. The molecule has 154 valence electrons. The second-order valence-electron chi connectivity index (χ2n) is 7.31. The molecule has 1 unspecified atom stereocenters. The Balaban J connectivity index is 1.77. The number of nitrogens with one attached hydrogen (secondary N) is 1. The summed E-state index contributed by atoms with van der Waals surface area (Å²) in [4.78, 5) is 22.2. The zero-order valence-corrected chi connectivity index (χ0v) is 16.8. The van der Waals surface area contributed by atoms with Crippen LogP contribution < -0.4 is 15.3 Å². The van der Waals surface area contributed by atoms with Crippen LogP contribution in [0, 0.1) is 10.1 Å². The molecule has 1 aromatic heterocycles. The zero-order valence-electron chi connectivity index (χ0n) is 16.8. The second-order valence-corrected chi connectivity index (χ2v) is 7.31. The summed E-state index contributed by atoms with van der Waals surface area (Å²) in [7, 11) is 0. The van der Waals surface area contributed by atoms with E-state index in [-0.39, 0.29) is 17.5 Å². The number of nitrogens with zero attached hydrogens (tertiary/aromatic N) is 5. The minimum atomic E-state index is -0.396. The molecule has 1 fully saturated rings. The first kappa shape index (κ1) is 19.6. The van der Waals surface area contributed by atoms with E-state index in [4.69, 9.17) is 0 Å². The number of nitro groups is 1. The van der Waals surface area contributed by atoms with Crippen LogP contribution in [-0.2, 0) is 0 Å². The van der Waals surface area contributed by atoms with Gasteiger partial charge in [-0.15, -0.1) is 0 Å². The highest BCUT2D eigenvalue weighted by atomic mass is 16.6. The Bertz CT molecular complexity index is 960. The van der Waals surface area contributed by atoms with Gasteiger partial charge in [-0.3, -0.25) is 20.5 Å². The van der Waals surface area contributed by atoms with Gasteiger partial charge in [0.15, 0.2) is 0 Å². The van der Waals surface area contributed by atoms with Crippen molar-refractivity contribution in [3.8, 4) is 0 Å². The number of hydrogen-bond donors (Lipinski definition) is 1. The Hall–Kier alpha value is -3.68. The molecule has 0 bridgehead atoms. The third kappa shape index (κ3) is 4.03. The van der Waals surface area contributed by atoms with Gasteiger partial charge in [0.2, 0.25) is 11.6 Å². The number of rotatable bonds is 6. The Morgan fingerprint density at radius 1 is 1.03 bits per heavy atom. The number of hydrogen-bond acceptors (Lipinski definition) is 7. The van der Waals surface area contributed by atoms with Gasteiger partial charge in [0, 0.05) is 12.6 Å². The van der Waals surface area contributed by atoms with Crippen molar-refractivity contribution in [2.45, 2.75) is 32.2 Å². The third-order valence-corrected chi connectivity index (χ3v) is 5.31. The Morgan fingerprint density at radius 2 is 1.67 bits per heavy atom. The average molecular weight is 404 g/mol. The summed E-state index contributed by atoms with van der Waals surface area (Å²) < 4.78 is 0. The molecule has 1 N–H and O–H groups in total. The van der Waals surface area contributed by atoms with Crippen LogP contribution in [0.5, 0.6) is 0 Å². The van der Waals surface area contributed by atoms with Crippen molar-refractivity contribution in [3.05, 3.63) is 77.1 Å². The maximum absolute atomic E-state index is 12.1. The standard InChI is InChI=1S/C22H24N6O2/c1-17-10-8-9-15-26(17)22-20(28(29)30)21(23-16-24-22)25-27(18-11-4-2-5-12-18)19-13-6-3-7-14-19/h2-7,11-14,16-17H,8-10,15H2,1H3,(H,23,24,25). The van der Waals surface area contributed by atoms with Gasteiger partial charge in [-0.1, -0.05) is 36.4 Å². The van der Waals surface area contributed by atoms with Crippen molar-refractivity contribution in [1.82, 2.24) is 9.97 Å². The molecule has 0 aliphatic carbocycles. The first-order valence-corrected chi connectivity index (χ1v) is 10.1. The van der Waals surface area contributed by atoms with E-state index in [0.29, 0.717) is 5.82 Å². The molecule has 1 aliphatic rings. The van der Waals surface area contributed by atoms with E-state index in [2.05, 4.69) is 22.3 Å². The maximum atomic E-state index is 12.1. The molecule has 8 nitrogen and oxygen atoms in total. The van der Waals surface area contributed by atoms with Crippen molar-refractivity contribution >= 4 is 28.7 Å². The van der Waals surface area contributed by atoms with Crippen LogP contribution in [-0.4, -0.2) is 27.5 Å². The molecule has 0 amide bonds. The highest BCUT2D eigenvalue weighted by Crippen LogP contribution is 2.36. The lowest BCUT2D eigenvalue weighted by molar-refractivity contribution is -0.383. The molecule has 8 heteroatoms. The van der Waals surface area contributed by atoms with E-state index in [0.717, 1.165) is 37.2 Å². The summed E-state index contributed by atoms with van der Waals surface area (Å²) in [6.45, 7) is 2.83. The predicted molar refractivity (Wildman–Crippen MR) is 118 cm³/mol. The number of anilines is 4. The van der Waals surface area contributed by atoms with Crippen molar-refractivity contribution in [2.24, 2.45) is 0 Å². The molecule has 3 aromatic rings. The lowest BCUT2D eigenvalue weighted by atomic mass is 10.0. The fraction of sp³-hybridized carbons (Fsp3) is 0.273. The third-order valence-electron chi connectivity index (χ3n) is 5.31. The van der Waals surface area contributed by atoms with Crippen LogP contribution in [0.4, 0.5) is 28.7 Å². The fourth-order valence-electron chi connectivity index (χ4n) is 3.78. The minimum absolute atomic E-state index is 0.108. The van der Waals surface area contributed by atoms with Gasteiger partial charge >= 0.3 is 5.69 Å². The highest BCUT2D eigenvalue weighted by molar-refractivity contribution is 5.75. The molecular weight excluding hydrogens is 380 g/mol. The summed E-state index contributed by atoms with van der Waals surface area (Å²) >= 11 is 0. The van der Waals surface area contributed by atoms with Crippen molar-refractivity contribution in [1.29, 1.82) is 0 Å². The first-order chi connectivity index (χ1) is 14.6. The molecule has 4 rings (SSSR count). The van der Waals surface area contributed by atoms with Gasteiger partial charge < -0.3 is 4.90 Å². The van der Waals surface area contributed by atoms with Gasteiger partial charge in [0.1, 0.15) is 6.33 Å². The van der Waals surface area contributed by atoms with Crippen LogP contribution >= 0.6 is 0 Å². The second kappa shape index (κ2) is 8.77. The van der Waals surface area contributed by atoms with E-state index >= 15 is 0 Å². The normalized spacial score (nSPS) is 16.2. The Labute approximate surface area is 175 Å². The van der Waals surface area contributed by atoms with E-state index in [1.165, 1.54) is 6.33 Å². The van der Waals surface area contributed by atoms with Crippen LogP contribution in [0.1, 0.15) is 26.2 Å². The fourth-order valence-corrected chi connectivity index (χ4v) is 3.78. The summed E-state index contributed by atoms with van der Waals surface area (Å²) in [6, 6.07) is 19.4. The van der Waals surface area contributed by atoms with E-state index in [9.17, 15) is 10.1 Å². The highest BCUT2D eigenvalue weighted by Gasteiger charge is 2.31. The lowest BCUT2D eigenvalue weighted by Gasteiger charge is -2.34. The largest absolute Gasteiger partial charge is 0.355 e. The van der Waals surface area contributed by atoms with Gasteiger partial charge in [-0.25, -0.2) is 9.97 Å². The molecule has 0 saturated carbocycles. The van der Waals surface area contributed by atoms with E-state index < -0.39 is 4.92 Å².